The van der Waals surface area contributed by atoms with E-state index in [-0.39, 0.29) is 36.4 Å². The lowest BCUT2D eigenvalue weighted by atomic mass is 9.95. The Morgan fingerprint density at radius 3 is 2.87 bits per heavy atom. The van der Waals surface area contributed by atoms with Crippen molar-refractivity contribution in [3.05, 3.63) is 42.5 Å². The van der Waals surface area contributed by atoms with Gasteiger partial charge in [-0.25, -0.2) is 0 Å². The van der Waals surface area contributed by atoms with Crippen molar-refractivity contribution in [1.82, 2.24) is 25.0 Å². The Labute approximate surface area is 176 Å². The number of carbonyl (C=O) groups excluding carboxylic acids is 2. The average Bonchev–Trinajstić information content (AvgIpc) is 3.34. The number of hydrogen-bond donors (Lipinski definition) is 1. The molecule has 9 heteroatoms. The Bertz CT molecular complexity index is 839. The van der Waals surface area contributed by atoms with E-state index >= 15 is 0 Å². The summed E-state index contributed by atoms with van der Waals surface area (Å²) in [6.07, 6.45) is 7.35. The Kier molecular flexibility index (Phi) is 7.40. The van der Waals surface area contributed by atoms with E-state index in [9.17, 15) is 9.59 Å². The van der Waals surface area contributed by atoms with Crippen LogP contribution in [0.4, 0.5) is 0 Å². The molecule has 1 saturated heterocycles. The summed E-state index contributed by atoms with van der Waals surface area (Å²) in [6, 6.07) is 3.56. The molecule has 1 fully saturated rings. The highest BCUT2D eigenvalue weighted by molar-refractivity contribution is 5.80. The van der Waals surface area contributed by atoms with Gasteiger partial charge in [-0.2, -0.15) is 5.10 Å². The van der Waals surface area contributed by atoms with Crippen LogP contribution in [0.15, 0.2) is 36.9 Å². The van der Waals surface area contributed by atoms with E-state index < -0.39 is 0 Å². The van der Waals surface area contributed by atoms with Gasteiger partial charge in [0.15, 0.2) is 6.61 Å². The summed E-state index contributed by atoms with van der Waals surface area (Å²) in [7, 11) is 1.62. The molecule has 2 amide bonds. The minimum absolute atomic E-state index is 0.0542. The number of hydrogen-bond acceptors (Lipinski definition) is 6. The average molecular weight is 415 g/mol. The van der Waals surface area contributed by atoms with Crippen molar-refractivity contribution in [3.8, 4) is 5.75 Å². The van der Waals surface area contributed by atoms with Gasteiger partial charge in [-0.3, -0.25) is 19.3 Å². The van der Waals surface area contributed by atoms with Crippen LogP contribution in [0, 0.1) is 5.92 Å². The van der Waals surface area contributed by atoms with Gasteiger partial charge in [0.2, 0.25) is 5.91 Å². The van der Waals surface area contributed by atoms with Crippen LogP contribution in [0.25, 0.3) is 0 Å². The largest absolute Gasteiger partial charge is 0.482 e. The van der Waals surface area contributed by atoms with E-state index in [1.807, 2.05) is 22.0 Å². The molecule has 0 bridgehead atoms. The number of nitrogens with one attached hydrogen (secondary N) is 1. The van der Waals surface area contributed by atoms with Crippen LogP contribution in [0.5, 0.6) is 5.75 Å². The van der Waals surface area contributed by atoms with Gasteiger partial charge in [0.25, 0.3) is 5.91 Å². The minimum atomic E-state index is -0.238. The van der Waals surface area contributed by atoms with Crippen LogP contribution in [-0.2, 0) is 14.3 Å². The van der Waals surface area contributed by atoms with Crippen LogP contribution < -0.4 is 10.1 Å². The lowest BCUT2D eigenvalue weighted by Gasteiger charge is -2.27. The number of carbonyl (C=O) groups is 2. The van der Waals surface area contributed by atoms with Crippen LogP contribution in [-0.4, -0.2) is 64.9 Å². The fourth-order valence-corrected chi connectivity index (χ4v) is 3.62. The molecule has 0 spiro atoms. The molecule has 1 aliphatic heterocycles. The molecule has 0 radical (unpaired) electrons. The van der Waals surface area contributed by atoms with Crippen molar-refractivity contribution >= 4 is 11.8 Å². The summed E-state index contributed by atoms with van der Waals surface area (Å²) in [6.45, 7) is 5.34. The fourth-order valence-electron chi connectivity index (χ4n) is 3.62. The Morgan fingerprint density at radius 2 is 2.20 bits per heavy atom. The van der Waals surface area contributed by atoms with Gasteiger partial charge in [-0.15, -0.1) is 0 Å². The molecule has 162 valence electrons. The third-order valence-electron chi connectivity index (χ3n) is 5.13. The van der Waals surface area contributed by atoms with E-state index in [0.29, 0.717) is 31.9 Å². The Morgan fingerprint density at radius 1 is 1.37 bits per heavy atom. The number of nitrogens with zero attached hydrogens (tertiary/aromatic N) is 4. The predicted molar refractivity (Wildman–Crippen MR) is 110 cm³/mol. The van der Waals surface area contributed by atoms with E-state index in [4.69, 9.17) is 9.47 Å². The molecular formula is C21H29N5O4. The summed E-state index contributed by atoms with van der Waals surface area (Å²) in [5.41, 5.74) is 0.969. The molecule has 3 heterocycles. The van der Waals surface area contributed by atoms with Crippen LogP contribution in [0.1, 0.15) is 37.9 Å². The summed E-state index contributed by atoms with van der Waals surface area (Å²) >= 11 is 0. The topological polar surface area (TPSA) is 98.6 Å². The van der Waals surface area contributed by atoms with Gasteiger partial charge in [-0.1, -0.05) is 0 Å². The zero-order chi connectivity index (χ0) is 21.5. The van der Waals surface area contributed by atoms with Gasteiger partial charge in [-0.05, 0) is 26.0 Å². The Hall–Kier alpha value is -2.94. The number of amides is 2. The van der Waals surface area contributed by atoms with E-state index in [1.54, 1.807) is 31.6 Å². The molecular weight excluding hydrogens is 386 g/mol. The molecule has 1 N–H and O–H groups in total. The van der Waals surface area contributed by atoms with Crippen molar-refractivity contribution in [2.75, 3.05) is 33.4 Å². The van der Waals surface area contributed by atoms with Crippen molar-refractivity contribution in [1.29, 1.82) is 0 Å². The highest BCUT2D eigenvalue weighted by Crippen LogP contribution is 2.37. The summed E-state index contributed by atoms with van der Waals surface area (Å²) in [5.74, 6) is 0.299. The van der Waals surface area contributed by atoms with Crippen LogP contribution >= 0.6 is 0 Å². The smallest absolute Gasteiger partial charge is 0.257 e. The summed E-state index contributed by atoms with van der Waals surface area (Å²) in [4.78, 5) is 30.7. The van der Waals surface area contributed by atoms with E-state index in [2.05, 4.69) is 29.2 Å². The molecule has 0 aliphatic carbocycles. The maximum Gasteiger partial charge on any atom is 0.257 e. The first-order chi connectivity index (χ1) is 14.5. The second-order valence-electron chi connectivity index (χ2n) is 7.62. The third-order valence-corrected chi connectivity index (χ3v) is 5.13. The highest BCUT2D eigenvalue weighted by atomic mass is 16.5. The molecule has 3 rings (SSSR count). The van der Waals surface area contributed by atoms with Gasteiger partial charge in [0.05, 0.1) is 25.0 Å². The van der Waals surface area contributed by atoms with E-state index in [0.717, 1.165) is 5.56 Å². The van der Waals surface area contributed by atoms with E-state index in [1.165, 1.54) is 0 Å². The molecule has 0 unspecified atom stereocenters. The monoisotopic (exact) mass is 415 g/mol. The second kappa shape index (κ2) is 10.2. The van der Waals surface area contributed by atoms with Crippen molar-refractivity contribution in [2.24, 2.45) is 5.92 Å². The second-order valence-corrected chi connectivity index (χ2v) is 7.62. The normalized spacial score (nSPS) is 18.8. The lowest BCUT2D eigenvalue weighted by molar-refractivity contribution is -0.129. The van der Waals surface area contributed by atoms with Gasteiger partial charge in [0.1, 0.15) is 5.75 Å². The first kappa shape index (κ1) is 21.8. The maximum absolute atomic E-state index is 12.7. The SMILES string of the molecule is COCCN1C(=O)C[C@@H](CNC(=O)COc2cccnc2)[C@@H]1c1cnn(C(C)C)c1. The maximum atomic E-state index is 12.7. The van der Waals surface area contributed by atoms with Gasteiger partial charge in [0, 0.05) is 56.5 Å². The minimum Gasteiger partial charge on any atom is -0.482 e. The molecule has 2 atom stereocenters. The number of methoxy groups -OCH3 is 1. The molecule has 9 nitrogen and oxygen atoms in total. The molecule has 0 saturated carbocycles. The van der Waals surface area contributed by atoms with Gasteiger partial charge < -0.3 is 19.7 Å². The summed E-state index contributed by atoms with van der Waals surface area (Å²) < 4.78 is 12.5. The van der Waals surface area contributed by atoms with Gasteiger partial charge >= 0.3 is 0 Å². The van der Waals surface area contributed by atoms with Crippen molar-refractivity contribution in [2.45, 2.75) is 32.4 Å². The molecule has 0 aromatic carbocycles. The number of pyridine rings is 1. The first-order valence-electron chi connectivity index (χ1n) is 10.1. The number of likely N-dealkylation sites (tertiary alicyclic amines) is 1. The lowest BCUT2D eigenvalue weighted by Crippen LogP contribution is -2.36. The quantitative estimate of drug-likeness (QED) is 0.633. The summed E-state index contributed by atoms with van der Waals surface area (Å²) in [5, 5.41) is 7.33. The molecule has 2 aromatic heterocycles. The predicted octanol–water partition coefficient (Wildman–Crippen LogP) is 1.59. The van der Waals surface area contributed by atoms with Crippen LogP contribution in [0.2, 0.25) is 0 Å². The molecule has 30 heavy (non-hydrogen) atoms. The Balaban J connectivity index is 1.64. The highest BCUT2D eigenvalue weighted by Gasteiger charge is 2.41. The van der Waals surface area contributed by atoms with Crippen molar-refractivity contribution in [3.63, 3.8) is 0 Å². The number of aromatic nitrogens is 3. The number of ether oxygens (including phenoxy) is 2. The fraction of sp³-hybridized carbons (Fsp3) is 0.524. The molecule has 2 aromatic rings. The zero-order valence-corrected chi connectivity index (χ0v) is 17.7. The standard InChI is InChI=1S/C21H29N5O4/c1-15(2)26-13-17(11-24-26)21-16(9-20(28)25(21)7-8-29-3)10-23-19(27)14-30-18-5-4-6-22-12-18/h4-6,11-13,15-16,21H,7-10,14H2,1-3H3,(H,23,27)/t16-,21+/m0/s1. The first-order valence-corrected chi connectivity index (χ1v) is 10.1. The third kappa shape index (κ3) is 5.35. The van der Waals surface area contributed by atoms with Crippen LogP contribution in [0.3, 0.4) is 0 Å². The van der Waals surface area contributed by atoms with Crippen molar-refractivity contribution < 1.29 is 19.1 Å². The number of rotatable bonds is 10. The molecule has 1 aliphatic rings. The zero-order valence-electron chi connectivity index (χ0n) is 17.7.